The van der Waals surface area contributed by atoms with Crippen LogP contribution in [0.3, 0.4) is 0 Å². The zero-order chi connectivity index (χ0) is 18.3. The van der Waals surface area contributed by atoms with Crippen molar-refractivity contribution in [2.75, 3.05) is 18.1 Å². The summed E-state index contributed by atoms with van der Waals surface area (Å²) in [6, 6.07) is 6.22. The van der Waals surface area contributed by atoms with Gasteiger partial charge in [0.1, 0.15) is 11.5 Å². The number of carbonyl (C=O) groups is 1. The maximum Gasteiger partial charge on any atom is 0.278 e. The van der Waals surface area contributed by atoms with Gasteiger partial charge in [-0.2, -0.15) is 5.10 Å². The topological polar surface area (TPSA) is 60.3 Å². The number of thiazole rings is 1. The highest BCUT2D eigenvalue weighted by Gasteiger charge is 2.28. The summed E-state index contributed by atoms with van der Waals surface area (Å²) in [5.41, 5.74) is 1.95. The summed E-state index contributed by atoms with van der Waals surface area (Å²) in [7, 11) is 1.75. The molecule has 0 N–H and O–H groups in total. The fraction of sp³-hybridized carbons (Fsp3) is 0.389. The van der Waals surface area contributed by atoms with Gasteiger partial charge in [-0.3, -0.25) is 14.4 Å². The van der Waals surface area contributed by atoms with E-state index in [-0.39, 0.29) is 17.8 Å². The molecule has 1 saturated heterocycles. The quantitative estimate of drug-likeness (QED) is 0.703. The summed E-state index contributed by atoms with van der Waals surface area (Å²) in [4.78, 5) is 19.4. The van der Waals surface area contributed by atoms with Gasteiger partial charge in [-0.25, -0.2) is 9.37 Å². The Bertz CT molecular complexity index is 961. The minimum absolute atomic E-state index is 0.0166. The first-order valence-electron chi connectivity index (χ1n) is 8.51. The van der Waals surface area contributed by atoms with Crippen LogP contribution in [-0.4, -0.2) is 39.9 Å². The van der Waals surface area contributed by atoms with Crippen LogP contribution >= 0.6 is 11.3 Å². The molecule has 0 spiro atoms. The molecule has 3 aromatic rings. The summed E-state index contributed by atoms with van der Waals surface area (Å²) >= 11 is 1.31. The molecule has 0 radical (unpaired) electrons. The molecule has 0 unspecified atom stereocenters. The monoisotopic (exact) mass is 374 g/mol. The van der Waals surface area contributed by atoms with Gasteiger partial charge in [0.05, 0.1) is 28.6 Å². The van der Waals surface area contributed by atoms with E-state index in [4.69, 9.17) is 4.74 Å². The van der Waals surface area contributed by atoms with Gasteiger partial charge >= 0.3 is 0 Å². The third-order valence-electron chi connectivity index (χ3n) is 4.45. The van der Waals surface area contributed by atoms with Gasteiger partial charge in [0.2, 0.25) is 0 Å². The summed E-state index contributed by atoms with van der Waals surface area (Å²) in [5, 5.41) is 4.81. The Hall–Kier alpha value is -2.32. The lowest BCUT2D eigenvalue weighted by molar-refractivity contribution is 0.0909. The highest BCUT2D eigenvalue weighted by Crippen LogP contribution is 2.31. The lowest BCUT2D eigenvalue weighted by Gasteiger charge is -2.22. The van der Waals surface area contributed by atoms with Crippen LogP contribution in [0.5, 0.6) is 0 Å². The number of hydrogen-bond acceptors (Lipinski definition) is 5. The molecule has 1 amide bonds. The lowest BCUT2D eigenvalue weighted by Crippen LogP contribution is -2.38. The largest absolute Gasteiger partial charge is 0.376 e. The summed E-state index contributed by atoms with van der Waals surface area (Å²) < 4.78 is 21.5. The van der Waals surface area contributed by atoms with Crippen molar-refractivity contribution < 1.29 is 13.9 Å². The van der Waals surface area contributed by atoms with E-state index in [9.17, 15) is 9.18 Å². The predicted molar refractivity (Wildman–Crippen MR) is 98.2 cm³/mol. The molecule has 0 saturated carbocycles. The number of fused-ring (bicyclic) bond motifs is 1. The highest BCUT2D eigenvalue weighted by atomic mass is 32.1. The Labute approximate surface area is 154 Å². The number of aryl methyl sites for hydroxylation is 2. The number of ether oxygens (including phenoxy) is 1. The van der Waals surface area contributed by atoms with Gasteiger partial charge in [0, 0.05) is 13.7 Å². The molecule has 0 aliphatic carbocycles. The first kappa shape index (κ1) is 17.1. The molecule has 1 atom stereocenters. The Morgan fingerprint density at radius 3 is 3.00 bits per heavy atom. The number of benzene rings is 1. The number of hydrogen-bond donors (Lipinski definition) is 0. The second-order valence-corrected chi connectivity index (χ2v) is 7.46. The number of amides is 1. The van der Waals surface area contributed by atoms with Gasteiger partial charge < -0.3 is 4.74 Å². The Morgan fingerprint density at radius 1 is 1.46 bits per heavy atom. The van der Waals surface area contributed by atoms with E-state index in [0.717, 1.165) is 18.5 Å². The number of halogens is 1. The van der Waals surface area contributed by atoms with Crippen molar-refractivity contribution in [2.24, 2.45) is 7.05 Å². The van der Waals surface area contributed by atoms with Crippen LogP contribution in [0.1, 0.15) is 29.0 Å². The smallest absolute Gasteiger partial charge is 0.278 e. The number of carbonyl (C=O) groups excluding carboxylic acids is 1. The molecule has 1 aliphatic heterocycles. The maximum atomic E-state index is 13.5. The average Bonchev–Trinajstić information content (AvgIpc) is 3.31. The van der Waals surface area contributed by atoms with Crippen molar-refractivity contribution in [3.63, 3.8) is 0 Å². The zero-order valence-electron chi connectivity index (χ0n) is 14.6. The van der Waals surface area contributed by atoms with Crippen LogP contribution in [0.2, 0.25) is 0 Å². The molecule has 6 nitrogen and oxygen atoms in total. The fourth-order valence-corrected chi connectivity index (χ4v) is 4.19. The number of aromatic nitrogens is 3. The van der Waals surface area contributed by atoms with E-state index in [1.54, 1.807) is 28.8 Å². The Morgan fingerprint density at radius 2 is 2.31 bits per heavy atom. The van der Waals surface area contributed by atoms with Crippen LogP contribution < -0.4 is 4.90 Å². The second kappa shape index (κ2) is 6.77. The van der Waals surface area contributed by atoms with Crippen molar-refractivity contribution in [3.8, 4) is 0 Å². The summed E-state index contributed by atoms with van der Waals surface area (Å²) in [6.45, 7) is 2.98. The standard InChI is InChI=1S/C18H19FN4O2S/c1-11-8-15(22(2)21-11)17(24)23(10-13-4-3-7-25-13)18-20-14-6-5-12(19)9-16(14)26-18/h5-6,8-9,13H,3-4,7,10H2,1-2H3/t13-/m1/s1. The molecule has 3 heterocycles. The van der Waals surface area contributed by atoms with Gasteiger partial charge in [0.25, 0.3) is 5.91 Å². The molecule has 4 rings (SSSR count). The molecular weight excluding hydrogens is 355 g/mol. The van der Waals surface area contributed by atoms with Crippen LogP contribution in [0.25, 0.3) is 10.2 Å². The summed E-state index contributed by atoms with van der Waals surface area (Å²) in [5.74, 6) is -0.491. The molecular formula is C18H19FN4O2S. The molecule has 26 heavy (non-hydrogen) atoms. The highest BCUT2D eigenvalue weighted by molar-refractivity contribution is 7.22. The SMILES string of the molecule is Cc1cc(C(=O)N(C[C@H]2CCCO2)c2nc3ccc(F)cc3s2)n(C)n1. The minimum atomic E-state index is -0.313. The van der Waals surface area contributed by atoms with Crippen molar-refractivity contribution in [1.29, 1.82) is 0 Å². The van der Waals surface area contributed by atoms with Crippen LogP contribution in [0.4, 0.5) is 9.52 Å². The van der Waals surface area contributed by atoms with Crippen molar-refractivity contribution in [2.45, 2.75) is 25.9 Å². The van der Waals surface area contributed by atoms with Gasteiger partial charge in [-0.05, 0) is 44.0 Å². The fourth-order valence-electron chi connectivity index (χ4n) is 3.19. The van der Waals surface area contributed by atoms with Gasteiger partial charge in [-0.15, -0.1) is 0 Å². The number of nitrogens with zero attached hydrogens (tertiary/aromatic N) is 4. The van der Waals surface area contributed by atoms with E-state index in [1.165, 1.54) is 23.5 Å². The molecule has 136 valence electrons. The first-order chi connectivity index (χ1) is 12.5. The van der Waals surface area contributed by atoms with Crippen molar-refractivity contribution in [3.05, 3.63) is 41.5 Å². The Balaban J connectivity index is 1.73. The first-order valence-corrected chi connectivity index (χ1v) is 9.33. The molecule has 1 aliphatic rings. The third-order valence-corrected chi connectivity index (χ3v) is 5.49. The third kappa shape index (κ3) is 3.22. The molecule has 1 fully saturated rings. The maximum absolute atomic E-state index is 13.5. The van der Waals surface area contributed by atoms with Crippen LogP contribution in [0, 0.1) is 12.7 Å². The molecule has 8 heteroatoms. The summed E-state index contributed by atoms with van der Waals surface area (Å²) in [6.07, 6.45) is 1.88. The second-order valence-electron chi connectivity index (χ2n) is 6.45. The van der Waals surface area contributed by atoms with Crippen LogP contribution in [0.15, 0.2) is 24.3 Å². The zero-order valence-corrected chi connectivity index (χ0v) is 15.4. The van der Waals surface area contributed by atoms with E-state index in [2.05, 4.69) is 10.1 Å². The van der Waals surface area contributed by atoms with E-state index in [0.29, 0.717) is 34.2 Å². The molecule has 0 bridgehead atoms. The predicted octanol–water partition coefficient (Wildman–Crippen LogP) is 3.30. The van der Waals surface area contributed by atoms with E-state index >= 15 is 0 Å². The van der Waals surface area contributed by atoms with Gasteiger partial charge in [0.15, 0.2) is 5.13 Å². The van der Waals surface area contributed by atoms with Crippen LogP contribution in [-0.2, 0) is 11.8 Å². The number of anilines is 1. The van der Waals surface area contributed by atoms with Crippen molar-refractivity contribution >= 4 is 32.6 Å². The van der Waals surface area contributed by atoms with E-state index < -0.39 is 0 Å². The average molecular weight is 374 g/mol. The van der Waals surface area contributed by atoms with E-state index in [1.807, 2.05) is 6.92 Å². The Kier molecular flexibility index (Phi) is 4.46. The van der Waals surface area contributed by atoms with Gasteiger partial charge in [-0.1, -0.05) is 11.3 Å². The minimum Gasteiger partial charge on any atom is -0.376 e. The van der Waals surface area contributed by atoms with Crippen molar-refractivity contribution in [1.82, 2.24) is 14.8 Å². The molecule has 2 aromatic heterocycles. The normalized spacial score (nSPS) is 17.1. The number of rotatable bonds is 4. The molecule has 1 aromatic carbocycles. The lowest BCUT2D eigenvalue weighted by atomic mass is 10.2.